The maximum absolute atomic E-state index is 6.34. The summed E-state index contributed by atoms with van der Waals surface area (Å²) < 4.78 is 6.34. The molecule has 3 aliphatic rings. The van der Waals surface area contributed by atoms with E-state index in [4.69, 9.17) is 4.74 Å². The summed E-state index contributed by atoms with van der Waals surface area (Å²) in [6.07, 6.45) is 39.2. The van der Waals surface area contributed by atoms with Crippen LogP contribution in [-0.4, -0.2) is 11.2 Å². The third-order valence-electron chi connectivity index (χ3n) is 9.58. The zero-order valence-corrected chi connectivity index (χ0v) is 27.7. The zero-order valence-electron chi connectivity index (χ0n) is 27.7. The molecule has 3 unspecified atom stereocenters. The first-order valence-corrected chi connectivity index (χ1v) is 15.7. The minimum Gasteiger partial charge on any atom is -0.358 e. The van der Waals surface area contributed by atoms with Gasteiger partial charge in [-0.3, -0.25) is 0 Å². The van der Waals surface area contributed by atoms with E-state index in [0.29, 0.717) is 11.3 Å². The van der Waals surface area contributed by atoms with Crippen molar-refractivity contribution in [2.45, 2.75) is 113 Å². The average molecular weight is 553 g/mol. The Bertz CT molecular complexity index is 1250. The first-order chi connectivity index (χ1) is 19.2. The molecule has 41 heavy (non-hydrogen) atoms. The monoisotopic (exact) mass is 552 g/mol. The van der Waals surface area contributed by atoms with E-state index < -0.39 is 0 Å². The van der Waals surface area contributed by atoms with Gasteiger partial charge in [0.1, 0.15) is 5.60 Å². The lowest BCUT2D eigenvalue weighted by Crippen LogP contribution is -2.41. The van der Waals surface area contributed by atoms with Crippen LogP contribution in [0.2, 0.25) is 0 Å². The van der Waals surface area contributed by atoms with E-state index in [-0.39, 0.29) is 16.6 Å². The molecule has 222 valence electrons. The molecule has 0 aromatic carbocycles. The molecule has 0 spiro atoms. The lowest BCUT2D eigenvalue weighted by atomic mass is 9.64. The molecule has 0 N–H and O–H groups in total. The molecule has 0 radical (unpaired) electrons. The Hall–Kier alpha value is -2.64. The fourth-order valence-corrected chi connectivity index (χ4v) is 6.73. The molecule has 3 rings (SSSR count). The van der Waals surface area contributed by atoms with Gasteiger partial charge in [-0.2, -0.15) is 0 Å². The van der Waals surface area contributed by atoms with Crippen molar-refractivity contribution >= 4 is 0 Å². The maximum atomic E-state index is 6.34. The highest BCUT2D eigenvalue weighted by Gasteiger charge is 2.73. The smallest absolute Gasteiger partial charge is 0.121 e. The molecule has 1 saturated carbocycles. The van der Waals surface area contributed by atoms with Crippen molar-refractivity contribution in [3.63, 3.8) is 0 Å². The van der Waals surface area contributed by atoms with Crippen molar-refractivity contribution < 1.29 is 4.74 Å². The molecule has 2 aliphatic carbocycles. The molecule has 0 bridgehead atoms. The van der Waals surface area contributed by atoms with Gasteiger partial charge in [-0.1, -0.05) is 141 Å². The molecular formula is C40H56O. The van der Waals surface area contributed by atoms with Gasteiger partial charge in [0.05, 0.1) is 5.60 Å². The van der Waals surface area contributed by atoms with E-state index in [1.165, 1.54) is 53.5 Å². The maximum Gasteiger partial charge on any atom is 0.121 e. The van der Waals surface area contributed by atoms with Crippen LogP contribution in [0.25, 0.3) is 0 Å². The van der Waals surface area contributed by atoms with Gasteiger partial charge in [0.25, 0.3) is 0 Å². The van der Waals surface area contributed by atoms with E-state index in [1.807, 2.05) is 0 Å². The van der Waals surface area contributed by atoms with E-state index in [1.54, 1.807) is 0 Å². The summed E-state index contributed by atoms with van der Waals surface area (Å²) >= 11 is 0. The Labute approximate surface area is 252 Å². The molecule has 1 heteroatoms. The summed E-state index contributed by atoms with van der Waals surface area (Å²) in [5.41, 5.74) is 6.92. The van der Waals surface area contributed by atoms with Crippen LogP contribution in [0.4, 0.5) is 0 Å². The Kier molecular flexibility index (Phi) is 10.9. The van der Waals surface area contributed by atoms with Crippen LogP contribution in [0, 0.1) is 16.7 Å². The predicted octanol–water partition coefficient (Wildman–Crippen LogP) is 11.7. The van der Waals surface area contributed by atoms with Crippen LogP contribution < -0.4 is 0 Å². The molecule has 3 atom stereocenters. The van der Waals surface area contributed by atoms with Gasteiger partial charge in [-0.05, 0) is 85.1 Å². The van der Waals surface area contributed by atoms with Crippen molar-refractivity contribution in [2.75, 3.05) is 0 Å². The number of allylic oxidation sites excluding steroid dienone is 19. The Balaban J connectivity index is 1.48. The Morgan fingerprint density at radius 2 is 1.24 bits per heavy atom. The minimum absolute atomic E-state index is 0.0195. The Morgan fingerprint density at radius 3 is 1.80 bits per heavy atom. The topological polar surface area (TPSA) is 12.5 Å². The summed E-state index contributed by atoms with van der Waals surface area (Å²) in [4.78, 5) is 0. The number of hydrogen-bond donors (Lipinski definition) is 0. The van der Waals surface area contributed by atoms with Crippen molar-refractivity contribution in [2.24, 2.45) is 16.7 Å². The molecule has 1 saturated heterocycles. The van der Waals surface area contributed by atoms with Gasteiger partial charge in [0.2, 0.25) is 0 Å². The quantitative estimate of drug-likeness (QED) is 0.149. The lowest BCUT2D eigenvalue weighted by molar-refractivity contribution is 0.166. The SMILES string of the molecule is CC1=CCCC(C)(C)C1/C=C/C(C)=C/C=C/C(C)=C/C=C/C=C(C)/C=C/C=C(C)/C=C/C12OC1(C)CCCC2(C)C. The van der Waals surface area contributed by atoms with Gasteiger partial charge in [0, 0.05) is 11.3 Å². The second-order valence-corrected chi connectivity index (χ2v) is 14.2. The van der Waals surface area contributed by atoms with Gasteiger partial charge >= 0.3 is 0 Å². The Morgan fingerprint density at radius 1 is 0.707 bits per heavy atom. The third kappa shape index (κ3) is 8.45. The molecule has 1 aliphatic heterocycles. The summed E-state index contributed by atoms with van der Waals surface area (Å²) in [6.45, 7) is 22.6. The van der Waals surface area contributed by atoms with Crippen molar-refractivity contribution in [1.29, 1.82) is 0 Å². The average Bonchev–Trinajstić information content (AvgIpc) is 3.52. The highest BCUT2D eigenvalue weighted by molar-refractivity contribution is 5.36. The van der Waals surface area contributed by atoms with Crippen LogP contribution in [0.1, 0.15) is 101 Å². The molecule has 0 amide bonds. The number of rotatable bonds is 10. The second-order valence-electron chi connectivity index (χ2n) is 14.2. The first kappa shape index (κ1) is 32.9. The van der Waals surface area contributed by atoms with Crippen LogP contribution in [0.3, 0.4) is 0 Å². The predicted molar refractivity (Wildman–Crippen MR) is 181 cm³/mol. The third-order valence-corrected chi connectivity index (χ3v) is 9.58. The number of hydrogen-bond acceptors (Lipinski definition) is 1. The van der Waals surface area contributed by atoms with Gasteiger partial charge in [-0.25, -0.2) is 0 Å². The first-order valence-electron chi connectivity index (χ1n) is 15.7. The van der Waals surface area contributed by atoms with E-state index in [2.05, 4.69) is 160 Å². The van der Waals surface area contributed by atoms with Gasteiger partial charge in [0.15, 0.2) is 0 Å². The van der Waals surface area contributed by atoms with Gasteiger partial charge < -0.3 is 4.74 Å². The van der Waals surface area contributed by atoms with Crippen molar-refractivity contribution in [3.8, 4) is 0 Å². The van der Waals surface area contributed by atoms with E-state index >= 15 is 0 Å². The van der Waals surface area contributed by atoms with Crippen LogP contribution >= 0.6 is 0 Å². The fraction of sp³-hybridized carbons (Fsp3) is 0.500. The van der Waals surface area contributed by atoms with Crippen LogP contribution in [0.15, 0.2) is 119 Å². The van der Waals surface area contributed by atoms with E-state index in [0.717, 1.165) is 6.42 Å². The highest BCUT2D eigenvalue weighted by Crippen LogP contribution is 2.66. The van der Waals surface area contributed by atoms with Crippen LogP contribution in [0.5, 0.6) is 0 Å². The molecule has 1 nitrogen and oxygen atoms in total. The van der Waals surface area contributed by atoms with Crippen molar-refractivity contribution in [1.82, 2.24) is 0 Å². The minimum atomic E-state index is -0.104. The molecule has 2 fully saturated rings. The summed E-state index contributed by atoms with van der Waals surface area (Å²) in [7, 11) is 0. The van der Waals surface area contributed by atoms with E-state index in [9.17, 15) is 0 Å². The standard InChI is InChI=1S/C40H56O/c1-31(19-13-21-33(3)24-25-36-35(5)23-15-27-37(36,6)7)17-11-12-18-32(2)20-14-22-34(4)26-30-40-38(8,9)28-16-29-39(40,10)41-40/h11-14,17-26,30,36H,15-16,27-29H2,1-10H3/b12-11+,19-13+,20-14+,25-24+,30-26+,31-17+,32-18+,33-21+,34-22+. The summed E-state index contributed by atoms with van der Waals surface area (Å²) in [5, 5.41) is 0. The number of epoxide rings is 1. The zero-order chi connectivity index (χ0) is 30.3. The molecular weight excluding hydrogens is 496 g/mol. The molecule has 0 aromatic heterocycles. The summed E-state index contributed by atoms with van der Waals surface area (Å²) in [5.74, 6) is 0.529. The number of ether oxygens (including phenoxy) is 1. The largest absolute Gasteiger partial charge is 0.358 e. The van der Waals surface area contributed by atoms with Gasteiger partial charge in [-0.15, -0.1) is 0 Å². The number of fused-ring (bicyclic) bond motifs is 1. The highest BCUT2D eigenvalue weighted by atomic mass is 16.6. The lowest BCUT2D eigenvalue weighted by Gasteiger charge is -2.36. The van der Waals surface area contributed by atoms with Crippen LogP contribution in [-0.2, 0) is 4.74 Å². The second kappa shape index (κ2) is 13.6. The molecule has 0 aromatic rings. The van der Waals surface area contributed by atoms with Crippen molar-refractivity contribution in [3.05, 3.63) is 119 Å². The fourth-order valence-electron chi connectivity index (χ4n) is 6.73. The summed E-state index contributed by atoms with van der Waals surface area (Å²) in [6, 6.07) is 0. The normalized spacial score (nSPS) is 31.2. The molecule has 1 heterocycles.